The van der Waals surface area contributed by atoms with Gasteiger partial charge in [-0.2, -0.15) is 12.6 Å². The van der Waals surface area contributed by atoms with E-state index >= 15 is 0 Å². The quantitative estimate of drug-likeness (QED) is 0.254. The molecule has 0 saturated heterocycles. The topological polar surface area (TPSA) is 64.6 Å². The lowest BCUT2D eigenvalue weighted by Crippen LogP contribution is -2.59. The molecule has 0 spiro atoms. The molecule has 0 amide bonds. The van der Waals surface area contributed by atoms with Crippen LogP contribution in [0.15, 0.2) is 35.2 Å². The second kappa shape index (κ2) is 9.53. The van der Waals surface area contributed by atoms with Crippen molar-refractivity contribution >= 4 is 36.3 Å². The number of ether oxygens (including phenoxy) is 1. The standard InChI is InChI=1S/C23H31NO4S2/c1-15(13-29)21(25)27-20(14-30-19-5-3-2-4-6-19)22(26)28-24-23-10-16-7-17(11-23)9-18(8-16)12-23/h2-6,15-18,20,24,29H,7-14H2,1H3/t15-,16?,17?,18?,20+,23?/m1/s1. The molecular formula is C23H31NO4S2. The molecule has 30 heavy (non-hydrogen) atoms. The van der Waals surface area contributed by atoms with Gasteiger partial charge in [0.15, 0.2) is 0 Å². The summed E-state index contributed by atoms with van der Waals surface area (Å²) in [4.78, 5) is 31.8. The van der Waals surface area contributed by atoms with Gasteiger partial charge in [0.25, 0.3) is 0 Å². The van der Waals surface area contributed by atoms with E-state index < -0.39 is 18.0 Å². The maximum Gasteiger partial charge on any atom is 0.366 e. The van der Waals surface area contributed by atoms with Gasteiger partial charge in [-0.1, -0.05) is 25.1 Å². The Morgan fingerprint density at radius 1 is 1.10 bits per heavy atom. The van der Waals surface area contributed by atoms with Gasteiger partial charge in [0, 0.05) is 16.4 Å². The molecule has 0 unspecified atom stereocenters. The summed E-state index contributed by atoms with van der Waals surface area (Å²) in [5.74, 6) is 1.63. The number of hydrogen-bond acceptors (Lipinski definition) is 7. The van der Waals surface area contributed by atoms with E-state index in [1.54, 1.807) is 6.92 Å². The fourth-order valence-electron chi connectivity index (χ4n) is 5.63. The zero-order valence-corrected chi connectivity index (χ0v) is 19.1. The molecule has 1 aromatic carbocycles. The second-order valence-corrected chi connectivity index (χ2v) is 10.8. The number of thiol groups is 1. The van der Waals surface area contributed by atoms with Gasteiger partial charge in [0.1, 0.15) is 0 Å². The molecule has 4 bridgehead atoms. The van der Waals surface area contributed by atoms with Crippen molar-refractivity contribution in [3.8, 4) is 0 Å². The van der Waals surface area contributed by atoms with Gasteiger partial charge in [-0.15, -0.1) is 17.2 Å². The molecular weight excluding hydrogens is 418 g/mol. The molecule has 0 heterocycles. The van der Waals surface area contributed by atoms with E-state index in [4.69, 9.17) is 9.57 Å². The molecule has 4 fully saturated rings. The van der Waals surface area contributed by atoms with Crippen LogP contribution < -0.4 is 5.48 Å². The molecule has 164 valence electrons. The van der Waals surface area contributed by atoms with Crippen LogP contribution in [0.4, 0.5) is 0 Å². The fraction of sp³-hybridized carbons (Fsp3) is 0.652. The van der Waals surface area contributed by atoms with Gasteiger partial charge in [0.2, 0.25) is 6.10 Å². The Bertz CT molecular complexity index is 722. The van der Waals surface area contributed by atoms with E-state index in [9.17, 15) is 9.59 Å². The first-order valence-corrected chi connectivity index (χ1v) is 12.6. The van der Waals surface area contributed by atoms with Crippen LogP contribution in [-0.2, 0) is 19.2 Å². The molecule has 7 heteroatoms. The smallest absolute Gasteiger partial charge is 0.366 e. The van der Waals surface area contributed by atoms with Crippen LogP contribution in [0.25, 0.3) is 0 Å². The van der Waals surface area contributed by atoms with Gasteiger partial charge >= 0.3 is 11.9 Å². The maximum absolute atomic E-state index is 12.9. The van der Waals surface area contributed by atoms with E-state index in [0.29, 0.717) is 11.5 Å². The minimum absolute atomic E-state index is 0.0933. The van der Waals surface area contributed by atoms with Crippen molar-refractivity contribution in [2.24, 2.45) is 23.7 Å². The summed E-state index contributed by atoms with van der Waals surface area (Å²) in [5.41, 5.74) is 3.06. The van der Waals surface area contributed by atoms with Crippen LogP contribution in [0.1, 0.15) is 45.4 Å². The van der Waals surface area contributed by atoms with Crippen LogP contribution in [0.5, 0.6) is 0 Å². The van der Waals surface area contributed by atoms with Crippen molar-refractivity contribution in [2.45, 2.75) is 62.0 Å². The van der Waals surface area contributed by atoms with Gasteiger partial charge in [-0.25, -0.2) is 4.79 Å². The first-order valence-electron chi connectivity index (χ1n) is 10.9. The van der Waals surface area contributed by atoms with Crippen molar-refractivity contribution in [1.29, 1.82) is 0 Å². The second-order valence-electron chi connectivity index (χ2n) is 9.35. The molecule has 0 aliphatic heterocycles. The lowest BCUT2D eigenvalue weighted by molar-refractivity contribution is -0.182. The number of esters is 1. The Labute approximate surface area is 188 Å². The van der Waals surface area contributed by atoms with Gasteiger partial charge in [0.05, 0.1) is 11.5 Å². The number of benzene rings is 1. The monoisotopic (exact) mass is 449 g/mol. The first kappa shape index (κ1) is 22.0. The molecule has 5 rings (SSSR count). The van der Waals surface area contributed by atoms with Gasteiger partial charge < -0.3 is 9.57 Å². The highest BCUT2D eigenvalue weighted by Crippen LogP contribution is 2.55. The van der Waals surface area contributed by atoms with Crippen LogP contribution in [0, 0.1) is 23.7 Å². The fourth-order valence-corrected chi connectivity index (χ4v) is 6.68. The van der Waals surface area contributed by atoms with Crippen LogP contribution >= 0.6 is 24.4 Å². The molecule has 1 N–H and O–H groups in total. The highest BCUT2D eigenvalue weighted by Gasteiger charge is 2.51. The molecule has 4 saturated carbocycles. The molecule has 2 atom stereocenters. The van der Waals surface area contributed by atoms with Gasteiger partial charge in [-0.05, 0) is 68.4 Å². The average molecular weight is 450 g/mol. The third-order valence-electron chi connectivity index (χ3n) is 6.75. The lowest BCUT2D eigenvalue weighted by atomic mass is 9.53. The minimum Gasteiger partial charge on any atom is -0.449 e. The van der Waals surface area contributed by atoms with E-state index in [-0.39, 0.29) is 11.5 Å². The number of carbonyl (C=O) groups is 2. The van der Waals surface area contributed by atoms with Crippen molar-refractivity contribution in [2.75, 3.05) is 11.5 Å². The Morgan fingerprint density at radius 3 is 2.27 bits per heavy atom. The largest absolute Gasteiger partial charge is 0.449 e. The summed E-state index contributed by atoms with van der Waals surface area (Å²) in [6.07, 6.45) is 6.25. The number of thioether (sulfide) groups is 1. The van der Waals surface area contributed by atoms with E-state index in [1.807, 2.05) is 30.3 Å². The Hall–Kier alpha value is -1.18. The van der Waals surface area contributed by atoms with Gasteiger partial charge in [-0.3, -0.25) is 4.79 Å². The minimum atomic E-state index is -0.952. The summed E-state index contributed by atoms with van der Waals surface area (Å²) < 4.78 is 5.53. The molecule has 0 aromatic heterocycles. The van der Waals surface area contributed by atoms with E-state index in [1.165, 1.54) is 31.0 Å². The summed E-state index contributed by atoms with van der Waals surface area (Å²) in [6, 6.07) is 9.77. The highest BCUT2D eigenvalue weighted by atomic mass is 32.2. The Balaban J connectivity index is 1.37. The number of hydrogen-bond donors (Lipinski definition) is 2. The van der Waals surface area contributed by atoms with Crippen LogP contribution in [-0.4, -0.2) is 35.1 Å². The normalized spacial score (nSPS) is 31.2. The highest BCUT2D eigenvalue weighted by molar-refractivity contribution is 7.99. The number of rotatable bonds is 9. The first-order chi connectivity index (χ1) is 14.5. The number of hydroxylamine groups is 1. The van der Waals surface area contributed by atoms with E-state index in [2.05, 4.69) is 18.1 Å². The van der Waals surface area contributed by atoms with Crippen molar-refractivity contribution in [3.63, 3.8) is 0 Å². The summed E-state index contributed by atoms with van der Waals surface area (Å²) >= 11 is 5.64. The Morgan fingerprint density at radius 2 is 1.70 bits per heavy atom. The summed E-state index contributed by atoms with van der Waals surface area (Å²) in [6.45, 7) is 1.75. The summed E-state index contributed by atoms with van der Waals surface area (Å²) in [7, 11) is 0. The van der Waals surface area contributed by atoms with Crippen LogP contribution in [0.3, 0.4) is 0 Å². The lowest BCUT2D eigenvalue weighted by Gasteiger charge is -2.56. The number of carbonyl (C=O) groups excluding carboxylic acids is 2. The maximum atomic E-state index is 12.9. The zero-order chi connectivity index (χ0) is 21.1. The third-order valence-corrected chi connectivity index (χ3v) is 8.37. The molecule has 1 aromatic rings. The Kier molecular flexibility index (Phi) is 7.00. The molecule has 4 aliphatic carbocycles. The van der Waals surface area contributed by atoms with E-state index in [0.717, 1.165) is 41.9 Å². The van der Waals surface area contributed by atoms with Crippen molar-refractivity contribution < 1.29 is 19.2 Å². The SMILES string of the molecule is C[C@H](CS)C(=O)O[C@@H](CSc1ccccc1)C(=O)ONC12CC3CC(CC(C3)C1)C2. The molecule has 4 aliphatic rings. The zero-order valence-electron chi connectivity index (χ0n) is 17.4. The predicted molar refractivity (Wildman–Crippen MR) is 120 cm³/mol. The molecule has 5 nitrogen and oxygen atoms in total. The predicted octanol–water partition coefficient (Wildman–Crippen LogP) is 4.27. The van der Waals surface area contributed by atoms with Crippen molar-refractivity contribution in [1.82, 2.24) is 5.48 Å². The third kappa shape index (κ3) is 5.17. The average Bonchev–Trinajstić information content (AvgIpc) is 2.74. The van der Waals surface area contributed by atoms with Crippen LogP contribution in [0.2, 0.25) is 0 Å². The number of nitrogens with one attached hydrogen (secondary N) is 1. The summed E-state index contributed by atoms with van der Waals surface area (Å²) in [5, 5.41) is 0. The molecule has 0 radical (unpaired) electrons. The van der Waals surface area contributed by atoms with Crippen molar-refractivity contribution in [3.05, 3.63) is 30.3 Å².